The summed E-state index contributed by atoms with van der Waals surface area (Å²) in [6, 6.07) is 3.94. The number of nitrogens with zero attached hydrogens (tertiary/aromatic N) is 2. The second-order valence-corrected chi connectivity index (χ2v) is 4.55. The predicted molar refractivity (Wildman–Crippen MR) is 66.8 cm³/mol. The molecule has 1 atom stereocenters. The van der Waals surface area contributed by atoms with Gasteiger partial charge >= 0.3 is 0 Å². The van der Waals surface area contributed by atoms with E-state index in [9.17, 15) is 0 Å². The van der Waals surface area contributed by atoms with E-state index in [0.29, 0.717) is 0 Å². The van der Waals surface area contributed by atoms with E-state index < -0.39 is 0 Å². The molecule has 5 heteroatoms. The predicted octanol–water partition coefficient (Wildman–Crippen LogP) is 2.00. The van der Waals surface area contributed by atoms with Crippen molar-refractivity contribution in [3.05, 3.63) is 28.8 Å². The van der Waals surface area contributed by atoms with E-state index in [0.717, 1.165) is 28.1 Å². The van der Waals surface area contributed by atoms with Crippen LogP contribution in [0.2, 0.25) is 0 Å². The van der Waals surface area contributed by atoms with Gasteiger partial charge in [0.1, 0.15) is 21.7 Å². The van der Waals surface area contributed by atoms with E-state index in [-0.39, 0.29) is 6.04 Å². The lowest BCUT2D eigenvalue weighted by molar-refractivity contribution is 0.417. The zero-order valence-corrected chi connectivity index (χ0v) is 10.9. The Morgan fingerprint density at radius 2 is 2.38 bits per heavy atom. The van der Waals surface area contributed by atoms with Crippen molar-refractivity contribution in [2.45, 2.75) is 19.4 Å². The quantitative estimate of drug-likeness (QED) is 0.937. The zero-order valence-electron chi connectivity index (χ0n) is 9.27. The highest BCUT2D eigenvalue weighted by Crippen LogP contribution is 2.28. The molecule has 16 heavy (non-hydrogen) atoms. The van der Waals surface area contributed by atoms with E-state index in [4.69, 9.17) is 10.5 Å². The molecule has 2 N–H and O–H groups in total. The van der Waals surface area contributed by atoms with Crippen LogP contribution in [-0.4, -0.2) is 22.5 Å². The van der Waals surface area contributed by atoms with Crippen LogP contribution in [0.3, 0.4) is 0 Å². The monoisotopic (exact) mass is 283 g/mol. The Labute approximate surface area is 103 Å². The van der Waals surface area contributed by atoms with E-state index in [1.165, 1.54) is 0 Å². The van der Waals surface area contributed by atoms with Crippen LogP contribution < -0.4 is 10.5 Å². The van der Waals surface area contributed by atoms with Gasteiger partial charge in [0, 0.05) is 18.7 Å². The maximum absolute atomic E-state index is 5.80. The number of aromatic nitrogens is 2. The molecule has 0 saturated carbocycles. The Balaban J connectivity index is 2.62. The molecule has 0 aliphatic heterocycles. The standard InChI is InChI=1S/C11H14BrN3O/c1-7(13)6-9-14-11(12)10-8(16-2)4-3-5-15(9)10/h3-5,7H,6,13H2,1-2H3. The normalized spacial score (nSPS) is 13.0. The van der Waals surface area contributed by atoms with Gasteiger partial charge in [0.15, 0.2) is 0 Å². The van der Waals surface area contributed by atoms with E-state index in [1.54, 1.807) is 7.11 Å². The van der Waals surface area contributed by atoms with Gasteiger partial charge in [-0.15, -0.1) is 0 Å². The summed E-state index contributed by atoms with van der Waals surface area (Å²) in [5, 5.41) is 0. The molecule has 0 saturated heterocycles. The smallest absolute Gasteiger partial charge is 0.145 e. The number of ether oxygens (including phenoxy) is 1. The summed E-state index contributed by atoms with van der Waals surface area (Å²) in [7, 11) is 1.65. The molecule has 2 rings (SSSR count). The van der Waals surface area contributed by atoms with Crippen LogP contribution >= 0.6 is 15.9 Å². The molecule has 1 unspecified atom stereocenters. The summed E-state index contributed by atoms with van der Waals surface area (Å²) in [6.45, 7) is 1.97. The lowest BCUT2D eigenvalue weighted by atomic mass is 10.2. The van der Waals surface area contributed by atoms with Gasteiger partial charge in [-0.05, 0) is 35.0 Å². The Morgan fingerprint density at radius 3 is 3.00 bits per heavy atom. The van der Waals surface area contributed by atoms with Gasteiger partial charge in [-0.1, -0.05) is 0 Å². The number of pyridine rings is 1. The van der Waals surface area contributed by atoms with Crippen LogP contribution in [-0.2, 0) is 6.42 Å². The van der Waals surface area contributed by atoms with Gasteiger partial charge in [-0.3, -0.25) is 4.40 Å². The molecular weight excluding hydrogens is 270 g/mol. The zero-order chi connectivity index (χ0) is 11.7. The van der Waals surface area contributed by atoms with Crippen molar-refractivity contribution in [1.82, 2.24) is 9.38 Å². The first kappa shape index (κ1) is 11.4. The summed E-state index contributed by atoms with van der Waals surface area (Å²) < 4.78 is 8.10. The van der Waals surface area contributed by atoms with Crippen LogP contribution in [0.1, 0.15) is 12.7 Å². The highest BCUT2D eigenvalue weighted by Gasteiger charge is 2.13. The fourth-order valence-corrected chi connectivity index (χ4v) is 2.31. The van der Waals surface area contributed by atoms with Crippen molar-refractivity contribution in [2.24, 2.45) is 5.73 Å². The molecular formula is C11H14BrN3O. The summed E-state index contributed by atoms with van der Waals surface area (Å²) in [6.07, 6.45) is 2.70. The Hall–Kier alpha value is -1.07. The summed E-state index contributed by atoms with van der Waals surface area (Å²) in [5.41, 5.74) is 6.74. The number of rotatable bonds is 3. The van der Waals surface area contributed by atoms with Crippen molar-refractivity contribution >= 4 is 21.4 Å². The molecule has 0 fully saturated rings. The summed E-state index contributed by atoms with van der Waals surface area (Å²) in [5.74, 6) is 1.74. The number of imidazole rings is 1. The van der Waals surface area contributed by atoms with E-state index in [1.807, 2.05) is 29.7 Å². The minimum Gasteiger partial charge on any atom is -0.494 e. The number of hydrogen-bond acceptors (Lipinski definition) is 3. The molecule has 2 aromatic rings. The molecule has 0 aliphatic carbocycles. The number of nitrogens with two attached hydrogens (primary N) is 1. The Morgan fingerprint density at radius 1 is 1.62 bits per heavy atom. The van der Waals surface area contributed by atoms with Crippen LogP contribution in [0.15, 0.2) is 22.9 Å². The number of halogens is 1. The van der Waals surface area contributed by atoms with Crippen molar-refractivity contribution in [3.8, 4) is 5.75 Å². The van der Waals surface area contributed by atoms with E-state index in [2.05, 4.69) is 20.9 Å². The minimum atomic E-state index is 0.0868. The summed E-state index contributed by atoms with van der Waals surface area (Å²) in [4.78, 5) is 4.46. The molecule has 2 aromatic heterocycles. The third-order valence-electron chi connectivity index (χ3n) is 2.38. The fourth-order valence-electron chi connectivity index (χ4n) is 1.72. The van der Waals surface area contributed by atoms with Crippen LogP contribution in [0.5, 0.6) is 5.75 Å². The van der Waals surface area contributed by atoms with Crippen LogP contribution in [0, 0.1) is 0 Å². The lowest BCUT2D eigenvalue weighted by Crippen LogP contribution is -2.19. The number of methoxy groups -OCH3 is 1. The average Bonchev–Trinajstić information content (AvgIpc) is 2.55. The van der Waals surface area contributed by atoms with Crippen LogP contribution in [0.25, 0.3) is 5.52 Å². The van der Waals surface area contributed by atoms with Gasteiger partial charge in [-0.25, -0.2) is 4.98 Å². The minimum absolute atomic E-state index is 0.0868. The van der Waals surface area contributed by atoms with Gasteiger partial charge in [-0.2, -0.15) is 0 Å². The van der Waals surface area contributed by atoms with Crippen LogP contribution in [0.4, 0.5) is 0 Å². The molecule has 0 amide bonds. The SMILES string of the molecule is COc1cccn2c(CC(C)N)nc(Br)c12. The molecule has 4 nitrogen and oxygen atoms in total. The van der Waals surface area contributed by atoms with Gasteiger partial charge in [0.05, 0.1) is 7.11 Å². The molecule has 86 valence electrons. The summed E-state index contributed by atoms with van der Waals surface area (Å²) >= 11 is 3.45. The maximum Gasteiger partial charge on any atom is 0.145 e. The highest BCUT2D eigenvalue weighted by atomic mass is 79.9. The van der Waals surface area contributed by atoms with Crippen molar-refractivity contribution in [2.75, 3.05) is 7.11 Å². The number of fused-ring (bicyclic) bond motifs is 1. The Kier molecular flexibility index (Phi) is 3.16. The molecule has 2 heterocycles. The first-order chi connectivity index (χ1) is 7.63. The second-order valence-electron chi connectivity index (χ2n) is 3.80. The van der Waals surface area contributed by atoms with Crippen molar-refractivity contribution in [1.29, 1.82) is 0 Å². The fraction of sp³-hybridized carbons (Fsp3) is 0.364. The Bertz CT molecular complexity index is 507. The molecule has 0 radical (unpaired) electrons. The van der Waals surface area contributed by atoms with Crippen molar-refractivity contribution in [3.63, 3.8) is 0 Å². The lowest BCUT2D eigenvalue weighted by Gasteiger charge is -2.06. The van der Waals surface area contributed by atoms with E-state index >= 15 is 0 Å². The molecule has 0 aliphatic rings. The largest absolute Gasteiger partial charge is 0.494 e. The third kappa shape index (κ3) is 1.92. The second kappa shape index (κ2) is 4.43. The highest BCUT2D eigenvalue weighted by molar-refractivity contribution is 9.10. The molecule has 0 bridgehead atoms. The maximum atomic E-state index is 5.80. The number of hydrogen-bond donors (Lipinski definition) is 1. The third-order valence-corrected chi connectivity index (χ3v) is 2.94. The average molecular weight is 284 g/mol. The van der Waals surface area contributed by atoms with Gasteiger partial charge < -0.3 is 10.5 Å². The molecule has 0 aromatic carbocycles. The van der Waals surface area contributed by atoms with Gasteiger partial charge in [0.2, 0.25) is 0 Å². The first-order valence-electron chi connectivity index (χ1n) is 5.08. The first-order valence-corrected chi connectivity index (χ1v) is 5.87. The topological polar surface area (TPSA) is 52.5 Å². The van der Waals surface area contributed by atoms with Gasteiger partial charge in [0.25, 0.3) is 0 Å². The van der Waals surface area contributed by atoms with Crippen molar-refractivity contribution < 1.29 is 4.74 Å². The molecule has 0 spiro atoms.